The Morgan fingerprint density at radius 3 is 2.56 bits per heavy atom. The first-order valence-electron chi connectivity index (χ1n) is 6.99. The van der Waals surface area contributed by atoms with Crippen LogP contribution in [0.4, 0.5) is 0 Å². The molecule has 0 radical (unpaired) electrons. The second kappa shape index (κ2) is 5.05. The quantitative estimate of drug-likeness (QED) is 0.776. The fourth-order valence-electron chi connectivity index (χ4n) is 3.43. The topological polar surface area (TPSA) is 21.3 Å². The SMILES string of the molecule is CCC1(C)C(NC)CC1OCC1CCCC1. The van der Waals surface area contributed by atoms with Crippen molar-refractivity contribution in [3.05, 3.63) is 0 Å². The van der Waals surface area contributed by atoms with Crippen LogP contribution in [0.2, 0.25) is 0 Å². The van der Waals surface area contributed by atoms with Crippen LogP contribution in [0.5, 0.6) is 0 Å². The Morgan fingerprint density at radius 1 is 1.31 bits per heavy atom. The summed E-state index contributed by atoms with van der Waals surface area (Å²) in [5.41, 5.74) is 0.368. The highest BCUT2D eigenvalue weighted by Crippen LogP contribution is 2.46. The maximum Gasteiger partial charge on any atom is 0.0658 e. The zero-order valence-corrected chi connectivity index (χ0v) is 11.1. The van der Waals surface area contributed by atoms with Gasteiger partial charge in [-0.15, -0.1) is 0 Å². The zero-order valence-electron chi connectivity index (χ0n) is 11.1. The molecule has 2 saturated carbocycles. The van der Waals surface area contributed by atoms with Gasteiger partial charge in [-0.25, -0.2) is 0 Å². The first kappa shape index (κ1) is 12.4. The van der Waals surface area contributed by atoms with E-state index in [9.17, 15) is 0 Å². The van der Waals surface area contributed by atoms with E-state index in [0.717, 1.165) is 12.5 Å². The molecule has 1 N–H and O–H groups in total. The molecule has 94 valence electrons. The molecular weight excluding hydrogens is 198 g/mol. The molecule has 0 bridgehead atoms. The van der Waals surface area contributed by atoms with Crippen LogP contribution in [-0.2, 0) is 4.74 Å². The standard InChI is InChI=1S/C14H27NO/c1-4-14(2)12(15-3)9-13(14)16-10-11-7-5-6-8-11/h11-13,15H,4-10H2,1-3H3. The van der Waals surface area contributed by atoms with E-state index >= 15 is 0 Å². The molecule has 0 spiro atoms. The molecule has 2 aliphatic carbocycles. The average Bonchev–Trinajstić information content (AvgIpc) is 2.79. The lowest BCUT2D eigenvalue weighted by Gasteiger charge is -2.53. The van der Waals surface area contributed by atoms with E-state index in [-0.39, 0.29) is 0 Å². The summed E-state index contributed by atoms with van der Waals surface area (Å²) in [4.78, 5) is 0. The van der Waals surface area contributed by atoms with Crippen LogP contribution in [0.3, 0.4) is 0 Å². The Labute approximate surface area is 100 Å². The lowest BCUT2D eigenvalue weighted by Crippen LogP contribution is -2.61. The fraction of sp³-hybridized carbons (Fsp3) is 1.00. The minimum absolute atomic E-state index is 0.368. The van der Waals surface area contributed by atoms with E-state index in [2.05, 4.69) is 26.2 Å². The highest BCUT2D eigenvalue weighted by Gasteiger charge is 2.50. The van der Waals surface area contributed by atoms with Crippen molar-refractivity contribution in [2.75, 3.05) is 13.7 Å². The monoisotopic (exact) mass is 225 g/mol. The molecule has 2 rings (SSSR count). The molecular formula is C14H27NO. The third-order valence-corrected chi connectivity index (χ3v) is 5.10. The summed E-state index contributed by atoms with van der Waals surface area (Å²) in [5, 5.41) is 3.42. The predicted octanol–water partition coefficient (Wildman–Crippen LogP) is 2.97. The third-order valence-electron chi connectivity index (χ3n) is 5.10. The normalized spacial score (nSPS) is 39.9. The van der Waals surface area contributed by atoms with E-state index in [1.54, 1.807) is 0 Å². The highest BCUT2D eigenvalue weighted by molar-refractivity contribution is 5.04. The summed E-state index contributed by atoms with van der Waals surface area (Å²) in [6.07, 6.45) is 8.54. The summed E-state index contributed by atoms with van der Waals surface area (Å²) in [6, 6.07) is 0.658. The van der Waals surface area contributed by atoms with Gasteiger partial charge in [0, 0.05) is 18.1 Å². The summed E-state index contributed by atoms with van der Waals surface area (Å²) < 4.78 is 6.16. The first-order chi connectivity index (χ1) is 7.70. The van der Waals surface area contributed by atoms with Crippen LogP contribution in [0.25, 0.3) is 0 Å². The molecule has 2 heteroatoms. The molecule has 2 fully saturated rings. The molecule has 0 saturated heterocycles. The second-order valence-electron chi connectivity index (χ2n) is 5.91. The van der Waals surface area contributed by atoms with E-state index < -0.39 is 0 Å². The van der Waals surface area contributed by atoms with Gasteiger partial charge in [-0.1, -0.05) is 26.7 Å². The van der Waals surface area contributed by atoms with Crippen LogP contribution in [0.1, 0.15) is 52.4 Å². The molecule has 2 aliphatic rings. The summed E-state index contributed by atoms with van der Waals surface area (Å²) in [5.74, 6) is 0.856. The van der Waals surface area contributed by atoms with E-state index in [1.807, 2.05) is 0 Å². The first-order valence-corrected chi connectivity index (χ1v) is 6.99. The lowest BCUT2D eigenvalue weighted by atomic mass is 9.61. The van der Waals surface area contributed by atoms with Crippen molar-refractivity contribution >= 4 is 0 Å². The fourth-order valence-corrected chi connectivity index (χ4v) is 3.43. The van der Waals surface area contributed by atoms with Gasteiger partial charge in [0.25, 0.3) is 0 Å². The predicted molar refractivity (Wildman–Crippen MR) is 67.6 cm³/mol. The van der Waals surface area contributed by atoms with Crippen molar-refractivity contribution in [1.82, 2.24) is 5.32 Å². The molecule has 3 unspecified atom stereocenters. The molecule has 0 aromatic carbocycles. The van der Waals surface area contributed by atoms with Gasteiger partial charge in [-0.05, 0) is 38.6 Å². The van der Waals surface area contributed by atoms with Crippen molar-refractivity contribution in [1.29, 1.82) is 0 Å². The largest absolute Gasteiger partial charge is 0.377 e. The molecule has 2 nitrogen and oxygen atoms in total. The highest BCUT2D eigenvalue weighted by atomic mass is 16.5. The minimum Gasteiger partial charge on any atom is -0.377 e. The van der Waals surface area contributed by atoms with Gasteiger partial charge in [-0.3, -0.25) is 0 Å². The molecule has 0 aliphatic heterocycles. The van der Waals surface area contributed by atoms with Crippen LogP contribution < -0.4 is 5.32 Å². The Hall–Kier alpha value is -0.0800. The Morgan fingerprint density at radius 2 is 2.00 bits per heavy atom. The smallest absolute Gasteiger partial charge is 0.0658 e. The van der Waals surface area contributed by atoms with Gasteiger partial charge in [-0.2, -0.15) is 0 Å². The van der Waals surface area contributed by atoms with E-state index in [1.165, 1.54) is 38.5 Å². The average molecular weight is 225 g/mol. The van der Waals surface area contributed by atoms with Crippen molar-refractivity contribution < 1.29 is 4.74 Å². The van der Waals surface area contributed by atoms with E-state index in [0.29, 0.717) is 17.6 Å². The summed E-state index contributed by atoms with van der Waals surface area (Å²) in [7, 11) is 2.08. The Balaban J connectivity index is 1.77. The molecule has 0 aromatic heterocycles. The third kappa shape index (κ3) is 2.14. The maximum absolute atomic E-state index is 6.16. The lowest BCUT2D eigenvalue weighted by molar-refractivity contribution is -0.134. The number of hydrogen-bond donors (Lipinski definition) is 1. The Kier molecular flexibility index (Phi) is 3.91. The van der Waals surface area contributed by atoms with Crippen LogP contribution in [0, 0.1) is 11.3 Å². The summed E-state index contributed by atoms with van der Waals surface area (Å²) in [6.45, 7) is 5.67. The van der Waals surface area contributed by atoms with Crippen LogP contribution in [0.15, 0.2) is 0 Å². The van der Waals surface area contributed by atoms with Crippen LogP contribution >= 0.6 is 0 Å². The molecule has 16 heavy (non-hydrogen) atoms. The van der Waals surface area contributed by atoms with Gasteiger partial charge in [0.15, 0.2) is 0 Å². The number of ether oxygens (including phenoxy) is 1. The number of rotatable bonds is 5. The van der Waals surface area contributed by atoms with Crippen molar-refractivity contribution in [2.24, 2.45) is 11.3 Å². The maximum atomic E-state index is 6.16. The molecule has 0 amide bonds. The van der Waals surface area contributed by atoms with Crippen molar-refractivity contribution in [3.8, 4) is 0 Å². The van der Waals surface area contributed by atoms with Crippen molar-refractivity contribution in [2.45, 2.75) is 64.5 Å². The second-order valence-corrected chi connectivity index (χ2v) is 5.91. The molecule has 3 atom stereocenters. The number of nitrogens with one attached hydrogen (secondary N) is 1. The van der Waals surface area contributed by atoms with Gasteiger partial charge in [0.2, 0.25) is 0 Å². The Bertz CT molecular complexity index is 225. The molecule has 0 heterocycles. The number of hydrogen-bond acceptors (Lipinski definition) is 2. The van der Waals surface area contributed by atoms with Gasteiger partial charge < -0.3 is 10.1 Å². The van der Waals surface area contributed by atoms with Gasteiger partial charge >= 0.3 is 0 Å². The van der Waals surface area contributed by atoms with Crippen LogP contribution in [-0.4, -0.2) is 25.8 Å². The van der Waals surface area contributed by atoms with Gasteiger partial charge in [0.1, 0.15) is 0 Å². The summed E-state index contributed by atoms with van der Waals surface area (Å²) >= 11 is 0. The zero-order chi connectivity index (χ0) is 11.6. The molecule has 0 aromatic rings. The minimum atomic E-state index is 0.368. The van der Waals surface area contributed by atoms with Crippen molar-refractivity contribution in [3.63, 3.8) is 0 Å². The van der Waals surface area contributed by atoms with Gasteiger partial charge in [0.05, 0.1) is 6.10 Å². The van der Waals surface area contributed by atoms with E-state index in [4.69, 9.17) is 4.74 Å².